The number of nitrogens with zero attached hydrogens (tertiary/aromatic N) is 1. The third-order valence-corrected chi connectivity index (χ3v) is 3.58. The molecular weight excluding hydrogens is 288 g/mol. The molecule has 0 atom stereocenters. The molecule has 1 aromatic heterocycles. The second-order valence-corrected chi connectivity index (χ2v) is 5.44. The minimum atomic E-state index is -0.375. The van der Waals surface area contributed by atoms with Crippen LogP contribution in [0.1, 0.15) is 22.3 Å². The van der Waals surface area contributed by atoms with Gasteiger partial charge in [0, 0.05) is 4.88 Å². The van der Waals surface area contributed by atoms with Gasteiger partial charge in [-0.3, -0.25) is 0 Å². The van der Waals surface area contributed by atoms with E-state index in [0.29, 0.717) is 30.6 Å². The molecule has 0 spiro atoms. The standard InChI is InChI=1S/C15H18N2O3S/c1-3-19-14(18)13-11(2)21-15(17-13)16-9-10-20-12-7-5-4-6-8-12/h4-8H,3,9-10H2,1-2H3,(H,16,17). The summed E-state index contributed by atoms with van der Waals surface area (Å²) in [5, 5.41) is 3.85. The predicted octanol–water partition coefficient (Wildman–Crippen LogP) is 3.12. The summed E-state index contributed by atoms with van der Waals surface area (Å²) in [6.45, 7) is 5.13. The van der Waals surface area contributed by atoms with Crippen LogP contribution < -0.4 is 10.1 Å². The first-order valence-corrected chi connectivity index (χ1v) is 7.58. The molecule has 21 heavy (non-hydrogen) atoms. The molecule has 112 valence electrons. The Hall–Kier alpha value is -2.08. The fourth-order valence-corrected chi connectivity index (χ4v) is 2.53. The van der Waals surface area contributed by atoms with Crippen LogP contribution in [0.25, 0.3) is 0 Å². The van der Waals surface area contributed by atoms with Crippen molar-refractivity contribution >= 4 is 22.4 Å². The fourth-order valence-electron chi connectivity index (χ4n) is 1.70. The fraction of sp³-hybridized carbons (Fsp3) is 0.333. The van der Waals surface area contributed by atoms with Gasteiger partial charge in [0.25, 0.3) is 0 Å². The molecule has 0 fully saturated rings. The molecule has 1 aromatic carbocycles. The van der Waals surface area contributed by atoms with Crippen LogP contribution in [0.4, 0.5) is 5.13 Å². The van der Waals surface area contributed by atoms with Gasteiger partial charge in [-0.05, 0) is 26.0 Å². The zero-order valence-electron chi connectivity index (χ0n) is 12.1. The number of carbonyl (C=O) groups is 1. The van der Waals surface area contributed by atoms with Crippen molar-refractivity contribution in [2.24, 2.45) is 0 Å². The molecule has 0 aliphatic rings. The summed E-state index contributed by atoms with van der Waals surface area (Å²) in [7, 11) is 0. The molecule has 1 heterocycles. The molecule has 0 unspecified atom stereocenters. The van der Waals surface area contributed by atoms with E-state index in [1.165, 1.54) is 11.3 Å². The van der Waals surface area contributed by atoms with Crippen molar-refractivity contribution in [2.45, 2.75) is 13.8 Å². The Kier molecular flexibility index (Phi) is 5.57. The van der Waals surface area contributed by atoms with E-state index in [-0.39, 0.29) is 5.97 Å². The first kappa shape index (κ1) is 15.3. The monoisotopic (exact) mass is 306 g/mol. The van der Waals surface area contributed by atoms with E-state index in [4.69, 9.17) is 9.47 Å². The van der Waals surface area contributed by atoms with E-state index >= 15 is 0 Å². The van der Waals surface area contributed by atoms with Crippen LogP contribution in [0, 0.1) is 6.92 Å². The number of benzene rings is 1. The number of aromatic nitrogens is 1. The first-order valence-electron chi connectivity index (χ1n) is 6.77. The van der Waals surface area contributed by atoms with Crippen LogP contribution in [0.2, 0.25) is 0 Å². The van der Waals surface area contributed by atoms with Crippen LogP contribution in [0.3, 0.4) is 0 Å². The lowest BCUT2D eigenvalue weighted by molar-refractivity contribution is 0.0519. The molecule has 0 saturated carbocycles. The number of esters is 1. The number of hydrogen-bond donors (Lipinski definition) is 1. The van der Waals surface area contributed by atoms with Gasteiger partial charge in [0.2, 0.25) is 0 Å². The number of anilines is 1. The quantitative estimate of drug-likeness (QED) is 0.629. The summed E-state index contributed by atoms with van der Waals surface area (Å²) in [6.07, 6.45) is 0. The van der Waals surface area contributed by atoms with Gasteiger partial charge in [-0.15, -0.1) is 11.3 Å². The normalized spacial score (nSPS) is 10.2. The zero-order chi connectivity index (χ0) is 15.1. The number of para-hydroxylation sites is 1. The highest BCUT2D eigenvalue weighted by Gasteiger charge is 2.16. The second-order valence-electron chi connectivity index (χ2n) is 4.23. The van der Waals surface area contributed by atoms with Gasteiger partial charge in [0.05, 0.1) is 13.2 Å². The topological polar surface area (TPSA) is 60.5 Å². The van der Waals surface area contributed by atoms with Crippen molar-refractivity contribution in [3.05, 3.63) is 40.9 Å². The van der Waals surface area contributed by atoms with E-state index < -0.39 is 0 Å². The van der Waals surface area contributed by atoms with E-state index in [2.05, 4.69) is 10.3 Å². The lowest BCUT2D eigenvalue weighted by atomic mass is 10.3. The number of thiazole rings is 1. The first-order chi connectivity index (χ1) is 10.2. The van der Waals surface area contributed by atoms with E-state index in [1.807, 2.05) is 37.3 Å². The van der Waals surface area contributed by atoms with Crippen LogP contribution >= 0.6 is 11.3 Å². The molecule has 2 rings (SSSR count). The molecule has 0 aliphatic heterocycles. The Morgan fingerprint density at radius 3 is 2.81 bits per heavy atom. The van der Waals surface area contributed by atoms with Crippen LogP contribution in [0.5, 0.6) is 5.75 Å². The maximum Gasteiger partial charge on any atom is 0.358 e. The van der Waals surface area contributed by atoms with Gasteiger partial charge in [-0.2, -0.15) is 0 Å². The third-order valence-electron chi connectivity index (χ3n) is 2.66. The van der Waals surface area contributed by atoms with Crippen molar-refractivity contribution in [1.29, 1.82) is 0 Å². The third kappa shape index (κ3) is 4.46. The predicted molar refractivity (Wildman–Crippen MR) is 83.2 cm³/mol. The second kappa shape index (κ2) is 7.64. The van der Waals surface area contributed by atoms with Gasteiger partial charge in [0.15, 0.2) is 10.8 Å². The Balaban J connectivity index is 1.81. The summed E-state index contributed by atoms with van der Waals surface area (Å²) < 4.78 is 10.5. The van der Waals surface area contributed by atoms with E-state index in [9.17, 15) is 4.79 Å². The van der Waals surface area contributed by atoms with E-state index in [1.54, 1.807) is 6.92 Å². The summed E-state index contributed by atoms with van der Waals surface area (Å²) in [4.78, 5) is 16.8. The van der Waals surface area contributed by atoms with Crippen molar-refractivity contribution in [3.63, 3.8) is 0 Å². The zero-order valence-corrected chi connectivity index (χ0v) is 12.9. The van der Waals surface area contributed by atoms with Crippen LogP contribution in [-0.2, 0) is 4.74 Å². The molecule has 2 aromatic rings. The number of nitrogens with one attached hydrogen (secondary N) is 1. The molecular formula is C15H18N2O3S. The molecule has 6 heteroatoms. The highest BCUT2D eigenvalue weighted by Crippen LogP contribution is 2.22. The maximum absolute atomic E-state index is 11.7. The highest BCUT2D eigenvalue weighted by atomic mass is 32.1. The van der Waals surface area contributed by atoms with Crippen molar-refractivity contribution in [1.82, 2.24) is 4.98 Å². The smallest absolute Gasteiger partial charge is 0.358 e. The van der Waals surface area contributed by atoms with Crippen molar-refractivity contribution < 1.29 is 14.3 Å². The number of aryl methyl sites for hydroxylation is 1. The number of hydrogen-bond acceptors (Lipinski definition) is 6. The molecule has 0 aliphatic carbocycles. The Morgan fingerprint density at radius 2 is 2.10 bits per heavy atom. The lowest BCUT2D eigenvalue weighted by Crippen LogP contribution is -2.12. The largest absolute Gasteiger partial charge is 0.492 e. The summed E-state index contributed by atoms with van der Waals surface area (Å²) in [5.41, 5.74) is 0.383. The molecule has 0 bridgehead atoms. The Labute approximate surface area is 127 Å². The van der Waals surface area contributed by atoms with Gasteiger partial charge in [0.1, 0.15) is 12.4 Å². The van der Waals surface area contributed by atoms with Gasteiger partial charge in [-0.1, -0.05) is 18.2 Å². The lowest BCUT2D eigenvalue weighted by Gasteiger charge is -2.06. The summed E-state index contributed by atoms with van der Waals surface area (Å²) in [5.74, 6) is 0.460. The number of ether oxygens (including phenoxy) is 2. The molecule has 0 saturated heterocycles. The summed E-state index contributed by atoms with van der Waals surface area (Å²) >= 11 is 1.44. The van der Waals surface area contributed by atoms with Gasteiger partial charge in [-0.25, -0.2) is 9.78 Å². The number of carbonyl (C=O) groups excluding carboxylic acids is 1. The van der Waals surface area contributed by atoms with Gasteiger partial charge < -0.3 is 14.8 Å². The average molecular weight is 306 g/mol. The van der Waals surface area contributed by atoms with Crippen LogP contribution in [-0.4, -0.2) is 30.7 Å². The number of rotatable bonds is 7. The minimum absolute atomic E-state index is 0.351. The Morgan fingerprint density at radius 1 is 1.33 bits per heavy atom. The molecule has 1 N–H and O–H groups in total. The molecule has 0 radical (unpaired) electrons. The maximum atomic E-state index is 11.7. The molecule has 0 amide bonds. The van der Waals surface area contributed by atoms with Crippen LogP contribution in [0.15, 0.2) is 30.3 Å². The average Bonchev–Trinajstić information content (AvgIpc) is 2.86. The SMILES string of the molecule is CCOC(=O)c1nc(NCCOc2ccccc2)sc1C. The van der Waals surface area contributed by atoms with Crippen molar-refractivity contribution in [2.75, 3.05) is 25.1 Å². The Bertz CT molecular complexity index is 584. The molecule has 5 nitrogen and oxygen atoms in total. The highest BCUT2D eigenvalue weighted by molar-refractivity contribution is 7.15. The summed E-state index contributed by atoms with van der Waals surface area (Å²) in [6, 6.07) is 9.62. The van der Waals surface area contributed by atoms with E-state index in [0.717, 1.165) is 10.6 Å². The van der Waals surface area contributed by atoms with Gasteiger partial charge >= 0.3 is 5.97 Å². The van der Waals surface area contributed by atoms with Crippen molar-refractivity contribution in [3.8, 4) is 5.75 Å². The minimum Gasteiger partial charge on any atom is -0.492 e.